The lowest BCUT2D eigenvalue weighted by Crippen LogP contribution is -2.02. The maximum Gasteiger partial charge on any atom is 0.214 e. The number of aromatic amines is 1. The molecule has 22 heavy (non-hydrogen) atoms. The monoisotopic (exact) mass is 338 g/mol. The van der Waals surface area contributed by atoms with Crippen LogP contribution in [0.25, 0.3) is 10.9 Å². The van der Waals surface area contributed by atoms with Gasteiger partial charge in [-0.25, -0.2) is 9.37 Å². The molecule has 0 aliphatic rings. The van der Waals surface area contributed by atoms with E-state index in [1.54, 1.807) is 17.6 Å². The minimum absolute atomic E-state index is 0. The van der Waals surface area contributed by atoms with Crippen LogP contribution in [-0.2, 0) is 0 Å². The first-order valence-corrected chi connectivity index (χ1v) is 7.43. The van der Waals surface area contributed by atoms with Gasteiger partial charge in [-0.3, -0.25) is 4.79 Å². The molecule has 0 unspecified atom stereocenters. The van der Waals surface area contributed by atoms with Gasteiger partial charge in [-0.15, -0.1) is 11.3 Å². The zero-order valence-electron chi connectivity index (χ0n) is 11.8. The standard InChI is InChI=1S/C15H13FN2O2S.H2S/c1-2-13(19)15-18-12(7-21-15)14(20)10-6-17-11-5-8(16)3-4-9(10)11;/h3-7,13,17,19H,2H2,1H3;1H2/t13-;/m0./s1. The first-order chi connectivity index (χ1) is 10.1. The number of carbonyl (C=O) groups is 1. The van der Waals surface area contributed by atoms with Crippen molar-refractivity contribution in [2.75, 3.05) is 0 Å². The van der Waals surface area contributed by atoms with E-state index in [0.29, 0.717) is 33.6 Å². The van der Waals surface area contributed by atoms with E-state index in [4.69, 9.17) is 0 Å². The number of carbonyl (C=O) groups excluding carboxylic acids is 1. The predicted octanol–water partition coefficient (Wildman–Crippen LogP) is 3.55. The number of benzene rings is 1. The van der Waals surface area contributed by atoms with Crippen LogP contribution in [0.3, 0.4) is 0 Å². The lowest BCUT2D eigenvalue weighted by Gasteiger charge is -2.01. The second kappa shape index (κ2) is 6.60. The molecule has 116 valence electrons. The molecule has 0 fully saturated rings. The predicted molar refractivity (Wildman–Crippen MR) is 89.4 cm³/mol. The molecule has 0 aliphatic heterocycles. The number of fused-ring (bicyclic) bond motifs is 1. The Morgan fingerprint density at radius 1 is 1.50 bits per heavy atom. The number of aliphatic hydroxyl groups is 1. The van der Waals surface area contributed by atoms with E-state index in [1.165, 1.54) is 23.5 Å². The molecule has 3 aromatic rings. The number of aromatic nitrogens is 2. The summed E-state index contributed by atoms with van der Waals surface area (Å²) in [6, 6.07) is 4.24. The maximum atomic E-state index is 13.2. The van der Waals surface area contributed by atoms with Gasteiger partial charge in [-0.05, 0) is 24.6 Å². The second-order valence-corrected chi connectivity index (χ2v) is 5.61. The van der Waals surface area contributed by atoms with Crippen molar-refractivity contribution in [1.29, 1.82) is 0 Å². The Labute approximate surface area is 137 Å². The number of hydrogen-bond donors (Lipinski definition) is 2. The lowest BCUT2D eigenvalue weighted by atomic mass is 10.1. The summed E-state index contributed by atoms with van der Waals surface area (Å²) in [5.74, 6) is -0.593. The highest BCUT2D eigenvalue weighted by molar-refractivity contribution is 7.59. The van der Waals surface area contributed by atoms with Gasteiger partial charge in [0.05, 0.1) is 0 Å². The van der Waals surface area contributed by atoms with Crippen LogP contribution in [0.5, 0.6) is 0 Å². The topological polar surface area (TPSA) is 66.0 Å². The minimum Gasteiger partial charge on any atom is -0.386 e. The zero-order valence-corrected chi connectivity index (χ0v) is 13.6. The molecule has 2 heterocycles. The van der Waals surface area contributed by atoms with Crippen molar-refractivity contribution in [1.82, 2.24) is 9.97 Å². The number of nitrogens with zero attached hydrogens (tertiary/aromatic N) is 1. The number of aliphatic hydroxyl groups excluding tert-OH is 1. The van der Waals surface area contributed by atoms with Crippen LogP contribution in [0.4, 0.5) is 4.39 Å². The molecular formula is C15H15FN2O2S2. The van der Waals surface area contributed by atoms with Crippen molar-refractivity contribution in [2.24, 2.45) is 0 Å². The number of nitrogens with one attached hydrogen (secondary N) is 1. The van der Waals surface area contributed by atoms with Crippen molar-refractivity contribution < 1.29 is 14.3 Å². The largest absolute Gasteiger partial charge is 0.386 e. The Bertz CT molecular complexity index is 813. The van der Waals surface area contributed by atoms with Gasteiger partial charge >= 0.3 is 0 Å². The van der Waals surface area contributed by atoms with Crippen molar-refractivity contribution in [3.05, 3.63) is 51.9 Å². The molecule has 0 aliphatic carbocycles. The lowest BCUT2D eigenvalue weighted by molar-refractivity contribution is 0.103. The SMILES string of the molecule is CC[C@H](O)c1nc(C(=O)c2c[nH]c3cc(F)ccc23)cs1.S. The average molecular weight is 338 g/mol. The van der Waals surface area contributed by atoms with Crippen LogP contribution in [0.1, 0.15) is 40.5 Å². The Morgan fingerprint density at radius 3 is 3.00 bits per heavy atom. The maximum absolute atomic E-state index is 13.2. The molecule has 0 saturated heterocycles. The number of H-pyrrole nitrogens is 1. The summed E-state index contributed by atoms with van der Waals surface area (Å²) in [5, 5.41) is 12.6. The molecule has 3 rings (SSSR count). The van der Waals surface area contributed by atoms with Crippen LogP contribution in [-0.4, -0.2) is 20.9 Å². The number of rotatable bonds is 4. The molecule has 0 spiro atoms. The van der Waals surface area contributed by atoms with Crippen LogP contribution in [0.2, 0.25) is 0 Å². The van der Waals surface area contributed by atoms with Crippen LogP contribution in [0, 0.1) is 5.82 Å². The highest BCUT2D eigenvalue weighted by Gasteiger charge is 2.19. The smallest absolute Gasteiger partial charge is 0.214 e. The van der Waals surface area contributed by atoms with Gasteiger partial charge in [0.15, 0.2) is 0 Å². The van der Waals surface area contributed by atoms with Crippen molar-refractivity contribution in [2.45, 2.75) is 19.4 Å². The summed E-state index contributed by atoms with van der Waals surface area (Å²) < 4.78 is 13.2. The van der Waals surface area contributed by atoms with E-state index < -0.39 is 6.10 Å². The summed E-state index contributed by atoms with van der Waals surface area (Å²) in [7, 11) is 0. The Morgan fingerprint density at radius 2 is 2.27 bits per heavy atom. The van der Waals surface area contributed by atoms with E-state index in [1.807, 2.05) is 6.92 Å². The third-order valence-electron chi connectivity index (χ3n) is 3.31. The second-order valence-electron chi connectivity index (χ2n) is 4.72. The van der Waals surface area contributed by atoms with E-state index in [0.717, 1.165) is 0 Å². The Balaban J connectivity index is 0.00000176. The zero-order chi connectivity index (χ0) is 15.0. The first-order valence-electron chi connectivity index (χ1n) is 6.55. The van der Waals surface area contributed by atoms with Crippen molar-refractivity contribution in [3.63, 3.8) is 0 Å². The molecule has 1 atom stereocenters. The highest BCUT2D eigenvalue weighted by Crippen LogP contribution is 2.25. The van der Waals surface area contributed by atoms with Gasteiger partial charge in [0, 0.05) is 28.0 Å². The summed E-state index contributed by atoms with van der Waals surface area (Å²) >= 11 is 1.26. The summed E-state index contributed by atoms with van der Waals surface area (Å²) in [6.45, 7) is 1.85. The van der Waals surface area contributed by atoms with Crippen LogP contribution >= 0.6 is 24.8 Å². The third-order valence-corrected chi connectivity index (χ3v) is 4.26. The fourth-order valence-corrected chi connectivity index (χ4v) is 3.01. The van der Waals surface area contributed by atoms with Crippen molar-refractivity contribution >= 4 is 41.5 Å². The van der Waals surface area contributed by atoms with E-state index >= 15 is 0 Å². The van der Waals surface area contributed by atoms with E-state index in [2.05, 4.69) is 9.97 Å². The molecule has 7 heteroatoms. The van der Waals surface area contributed by atoms with Gasteiger partial charge < -0.3 is 10.1 Å². The molecule has 0 radical (unpaired) electrons. The average Bonchev–Trinajstić information content (AvgIpc) is 3.12. The van der Waals surface area contributed by atoms with E-state index in [-0.39, 0.29) is 25.1 Å². The number of thiazole rings is 1. The molecular weight excluding hydrogens is 323 g/mol. The number of ketones is 1. The van der Waals surface area contributed by atoms with E-state index in [9.17, 15) is 14.3 Å². The molecule has 2 N–H and O–H groups in total. The fourth-order valence-electron chi connectivity index (χ4n) is 2.14. The molecule has 0 saturated carbocycles. The van der Waals surface area contributed by atoms with Crippen LogP contribution in [0.15, 0.2) is 29.8 Å². The molecule has 4 nitrogen and oxygen atoms in total. The summed E-state index contributed by atoms with van der Waals surface area (Å²) in [6.07, 6.45) is 1.46. The highest BCUT2D eigenvalue weighted by atomic mass is 32.1. The fraction of sp³-hybridized carbons (Fsp3) is 0.200. The summed E-state index contributed by atoms with van der Waals surface area (Å²) in [4.78, 5) is 19.6. The number of hydrogen-bond acceptors (Lipinski definition) is 4. The van der Waals surface area contributed by atoms with Gasteiger partial charge in [-0.1, -0.05) is 6.92 Å². The molecule has 0 bridgehead atoms. The van der Waals surface area contributed by atoms with Gasteiger partial charge in [0.1, 0.15) is 22.6 Å². The van der Waals surface area contributed by atoms with Gasteiger partial charge in [0.2, 0.25) is 5.78 Å². The Kier molecular flexibility index (Phi) is 5.00. The molecule has 2 aromatic heterocycles. The Hall–Kier alpha value is -1.70. The minimum atomic E-state index is -0.645. The van der Waals surface area contributed by atoms with Crippen LogP contribution < -0.4 is 0 Å². The molecule has 0 amide bonds. The van der Waals surface area contributed by atoms with Gasteiger partial charge in [-0.2, -0.15) is 13.5 Å². The first kappa shape index (κ1) is 16.7. The van der Waals surface area contributed by atoms with Crippen molar-refractivity contribution in [3.8, 4) is 0 Å². The normalized spacial score (nSPS) is 12.1. The quantitative estimate of drug-likeness (QED) is 0.715. The molecule has 1 aromatic carbocycles. The summed E-state index contributed by atoms with van der Waals surface area (Å²) in [5.41, 5.74) is 1.32. The number of halogens is 1. The van der Waals surface area contributed by atoms with Gasteiger partial charge in [0.25, 0.3) is 0 Å². The third kappa shape index (κ3) is 2.92.